The summed E-state index contributed by atoms with van der Waals surface area (Å²) in [6.45, 7) is 6.46. The topological polar surface area (TPSA) is 49.4 Å². The second kappa shape index (κ2) is 10.6. The molecule has 31 heavy (non-hydrogen) atoms. The van der Waals surface area contributed by atoms with Crippen LogP contribution in [0, 0.1) is 20.8 Å². The number of rotatable bonds is 7. The lowest BCUT2D eigenvalue weighted by Crippen LogP contribution is -2.29. The van der Waals surface area contributed by atoms with Gasteiger partial charge in [0.2, 0.25) is 5.91 Å². The van der Waals surface area contributed by atoms with E-state index >= 15 is 0 Å². The Balaban J connectivity index is 1.52. The van der Waals surface area contributed by atoms with Gasteiger partial charge in [-0.3, -0.25) is 14.5 Å². The van der Waals surface area contributed by atoms with Crippen molar-refractivity contribution in [2.24, 2.45) is 0 Å². The van der Waals surface area contributed by atoms with E-state index in [-0.39, 0.29) is 11.8 Å². The van der Waals surface area contributed by atoms with Crippen LogP contribution < -0.4 is 5.32 Å². The summed E-state index contributed by atoms with van der Waals surface area (Å²) >= 11 is 6.67. The summed E-state index contributed by atoms with van der Waals surface area (Å²) in [6, 6.07) is 14.0. The summed E-state index contributed by atoms with van der Waals surface area (Å²) in [6.07, 6.45) is 6.49. The van der Waals surface area contributed by atoms with Crippen LogP contribution >= 0.6 is 24.0 Å². The van der Waals surface area contributed by atoms with Crippen molar-refractivity contribution in [3.05, 3.63) is 81.8 Å². The third kappa shape index (κ3) is 6.15. The lowest BCUT2D eigenvalue weighted by Gasteiger charge is -2.15. The fourth-order valence-electron chi connectivity index (χ4n) is 3.49. The zero-order valence-electron chi connectivity index (χ0n) is 18.0. The van der Waals surface area contributed by atoms with Crippen LogP contribution in [0.3, 0.4) is 0 Å². The number of hydrogen-bond acceptors (Lipinski definition) is 4. The number of allylic oxidation sites excluding steroid dienone is 2. The number of hydrogen-bond donors (Lipinski definition) is 1. The Bertz CT molecular complexity index is 1040. The molecule has 2 aromatic rings. The summed E-state index contributed by atoms with van der Waals surface area (Å²) in [4.78, 5) is 27.3. The molecule has 1 saturated heterocycles. The van der Waals surface area contributed by atoms with Crippen molar-refractivity contribution in [1.29, 1.82) is 0 Å². The second-order valence-corrected chi connectivity index (χ2v) is 9.23. The van der Waals surface area contributed by atoms with Crippen LogP contribution in [0.4, 0.5) is 5.69 Å². The number of thiocarbonyl (C=S) groups is 1. The molecule has 0 spiro atoms. The predicted molar refractivity (Wildman–Crippen MR) is 134 cm³/mol. The first-order valence-corrected chi connectivity index (χ1v) is 11.4. The Morgan fingerprint density at radius 1 is 1.13 bits per heavy atom. The second-order valence-electron chi connectivity index (χ2n) is 7.55. The molecule has 1 fully saturated rings. The molecule has 0 aromatic heterocycles. The first-order valence-electron chi connectivity index (χ1n) is 10.2. The number of thioether (sulfide) groups is 1. The Kier molecular flexibility index (Phi) is 7.82. The standard InChI is InChI=1S/C25H26N2O2S2/c1-17-15-18(2)23(19(3)16-17)26-22(28)13-8-14-27-24(29)21(31-25(27)30)12-7-11-20-9-5-4-6-10-20/h4-7,9-12,15-16H,8,13-14H2,1-3H3,(H,26,28)/b11-7+,21-12-. The normalized spacial score (nSPS) is 15.3. The Labute approximate surface area is 193 Å². The summed E-state index contributed by atoms with van der Waals surface area (Å²) < 4.78 is 0.537. The molecule has 0 saturated carbocycles. The van der Waals surface area contributed by atoms with E-state index in [0.29, 0.717) is 28.6 Å². The molecular formula is C25H26N2O2S2. The van der Waals surface area contributed by atoms with Crippen LogP contribution in [0.15, 0.2) is 59.5 Å². The van der Waals surface area contributed by atoms with Crippen molar-refractivity contribution >= 4 is 51.9 Å². The highest BCUT2D eigenvalue weighted by molar-refractivity contribution is 8.26. The van der Waals surface area contributed by atoms with Gasteiger partial charge in [-0.2, -0.15) is 0 Å². The zero-order valence-corrected chi connectivity index (χ0v) is 19.6. The number of aryl methyl sites for hydroxylation is 3. The number of benzene rings is 2. The lowest BCUT2D eigenvalue weighted by atomic mass is 10.0. The molecule has 6 heteroatoms. The van der Waals surface area contributed by atoms with Gasteiger partial charge in [-0.15, -0.1) is 0 Å². The van der Waals surface area contributed by atoms with Gasteiger partial charge < -0.3 is 5.32 Å². The van der Waals surface area contributed by atoms with E-state index in [1.807, 2.05) is 63.3 Å². The molecule has 1 aliphatic heterocycles. The minimum Gasteiger partial charge on any atom is -0.326 e. The third-order valence-electron chi connectivity index (χ3n) is 4.94. The Hall–Kier alpha value is -2.70. The third-order valence-corrected chi connectivity index (χ3v) is 6.33. The smallest absolute Gasteiger partial charge is 0.266 e. The van der Waals surface area contributed by atoms with Gasteiger partial charge >= 0.3 is 0 Å². The van der Waals surface area contributed by atoms with Crippen molar-refractivity contribution in [2.45, 2.75) is 33.6 Å². The summed E-state index contributed by atoms with van der Waals surface area (Å²) in [5.74, 6) is -0.153. The molecule has 3 rings (SSSR count). The van der Waals surface area contributed by atoms with Gasteiger partial charge in [-0.25, -0.2) is 0 Å². The van der Waals surface area contributed by atoms with Gasteiger partial charge in [0.25, 0.3) is 5.91 Å². The molecule has 4 nitrogen and oxygen atoms in total. The molecule has 2 amide bonds. The van der Waals surface area contributed by atoms with E-state index in [0.717, 1.165) is 22.4 Å². The van der Waals surface area contributed by atoms with E-state index in [1.165, 1.54) is 17.3 Å². The van der Waals surface area contributed by atoms with Gasteiger partial charge in [0.1, 0.15) is 4.32 Å². The minimum atomic E-state index is -0.0988. The zero-order chi connectivity index (χ0) is 22.4. The summed E-state index contributed by atoms with van der Waals surface area (Å²) in [7, 11) is 0. The maximum absolute atomic E-state index is 12.7. The van der Waals surface area contributed by atoms with E-state index in [4.69, 9.17) is 12.2 Å². The van der Waals surface area contributed by atoms with Crippen molar-refractivity contribution in [1.82, 2.24) is 4.90 Å². The van der Waals surface area contributed by atoms with Crippen LogP contribution in [0.2, 0.25) is 0 Å². The quantitative estimate of drug-likeness (QED) is 0.429. The highest BCUT2D eigenvalue weighted by Crippen LogP contribution is 2.31. The van der Waals surface area contributed by atoms with Crippen molar-refractivity contribution in [3.63, 3.8) is 0 Å². The largest absolute Gasteiger partial charge is 0.326 e. The molecule has 1 heterocycles. The van der Waals surface area contributed by atoms with Crippen LogP contribution in [-0.4, -0.2) is 27.6 Å². The molecule has 1 N–H and O–H groups in total. The number of nitrogens with zero attached hydrogens (tertiary/aromatic N) is 1. The van der Waals surface area contributed by atoms with Crippen LogP contribution in [0.25, 0.3) is 6.08 Å². The van der Waals surface area contributed by atoms with Crippen LogP contribution in [-0.2, 0) is 9.59 Å². The number of carbonyl (C=O) groups excluding carboxylic acids is 2. The monoisotopic (exact) mass is 450 g/mol. The Morgan fingerprint density at radius 3 is 2.48 bits per heavy atom. The predicted octanol–water partition coefficient (Wildman–Crippen LogP) is 5.79. The van der Waals surface area contributed by atoms with Gasteiger partial charge in [0, 0.05) is 18.7 Å². The fourth-order valence-corrected chi connectivity index (χ4v) is 4.75. The molecule has 1 aliphatic rings. The fraction of sp³-hybridized carbons (Fsp3) is 0.240. The molecule has 0 bridgehead atoms. The molecular weight excluding hydrogens is 424 g/mol. The number of nitrogens with one attached hydrogen (secondary N) is 1. The SMILES string of the molecule is Cc1cc(C)c(NC(=O)CCCN2C(=O)/C(=C/C=C/c3ccccc3)SC2=S)c(C)c1. The van der Waals surface area contributed by atoms with E-state index < -0.39 is 0 Å². The molecule has 0 aliphatic carbocycles. The van der Waals surface area contributed by atoms with Gasteiger partial charge in [0.05, 0.1) is 4.91 Å². The molecule has 0 radical (unpaired) electrons. The molecule has 2 aromatic carbocycles. The van der Waals surface area contributed by atoms with Gasteiger partial charge in [-0.05, 0) is 50.0 Å². The number of carbonyl (C=O) groups is 2. The van der Waals surface area contributed by atoms with Gasteiger partial charge in [0.15, 0.2) is 0 Å². The van der Waals surface area contributed by atoms with E-state index in [9.17, 15) is 9.59 Å². The highest BCUT2D eigenvalue weighted by atomic mass is 32.2. The average molecular weight is 451 g/mol. The van der Waals surface area contributed by atoms with Gasteiger partial charge in [-0.1, -0.05) is 84.2 Å². The van der Waals surface area contributed by atoms with Crippen molar-refractivity contribution in [2.75, 3.05) is 11.9 Å². The number of amides is 2. The van der Waals surface area contributed by atoms with Crippen LogP contribution in [0.1, 0.15) is 35.1 Å². The first-order chi connectivity index (χ1) is 14.8. The number of anilines is 1. The maximum atomic E-state index is 12.7. The van der Waals surface area contributed by atoms with E-state index in [2.05, 4.69) is 17.4 Å². The van der Waals surface area contributed by atoms with E-state index in [1.54, 1.807) is 11.0 Å². The lowest BCUT2D eigenvalue weighted by molar-refractivity contribution is -0.122. The summed E-state index contributed by atoms with van der Waals surface area (Å²) in [5.41, 5.74) is 5.22. The van der Waals surface area contributed by atoms with Crippen molar-refractivity contribution in [3.8, 4) is 0 Å². The minimum absolute atomic E-state index is 0.0539. The maximum Gasteiger partial charge on any atom is 0.266 e. The Morgan fingerprint density at radius 2 is 1.81 bits per heavy atom. The molecule has 0 unspecified atom stereocenters. The van der Waals surface area contributed by atoms with Crippen molar-refractivity contribution < 1.29 is 9.59 Å². The molecule has 0 atom stereocenters. The summed E-state index contributed by atoms with van der Waals surface area (Å²) in [5, 5.41) is 3.00. The molecule has 160 valence electrons. The van der Waals surface area contributed by atoms with Crippen LogP contribution in [0.5, 0.6) is 0 Å². The average Bonchev–Trinajstić information content (AvgIpc) is 2.99. The first kappa shape index (κ1) is 23.0. The highest BCUT2D eigenvalue weighted by Gasteiger charge is 2.31.